The Kier molecular flexibility index (Phi) is 4.02. The van der Waals surface area contributed by atoms with Gasteiger partial charge in [-0.1, -0.05) is 0 Å². The van der Waals surface area contributed by atoms with Gasteiger partial charge >= 0.3 is 0 Å². The third kappa shape index (κ3) is 3.40. The predicted octanol–water partition coefficient (Wildman–Crippen LogP) is 1.66. The summed E-state index contributed by atoms with van der Waals surface area (Å²) in [5, 5.41) is 0. The summed E-state index contributed by atoms with van der Waals surface area (Å²) in [7, 11) is 0. The van der Waals surface area contributed by atoms with Crippen molar-refractivity contribution in [3.05, 3.63) is 17.8 Å². The summed E-state index contributed by atoms with van der Waals surface area (Å²) >= 11 is 0. The molecule has 1 aromatic heterocycles. The number of amides is 2. The minimum atomic E-state index is -2.70. The second-order valence-corrected chi connectivity index (χ2v) is 8.99. The maximum absolute atomic E-state index is 13.3. The maximum atomic E-state index is 13.3. The normalized spacial score (nSPS) is 29.7. The number of nitrogens with two attached hydrogens (primary N) is 1. The van der Waals surface area contributed by atoms with Crippen LogP contribution in [0.1, 0.15) is 36.2 Å². The monoisotopic (exact) mass is 406 g/mol. The Bertz CT molecular complexity index is 867. The fraction of sp³-hybridized carbons (Fsp3) is 0.650. The van der Waals surface area contributed by atoms with E-state index in [4.69, 9.17) is 10.5 Å². The van der Waals surface area contributed by atoms with E-state index in [0.717, 1.165) is 25.7 Å². The Morgan fingerprint density at radius 3 is 2.62 bits per heavy atom. The second kappa shape index (κ2) is 6.27. The van der Waals surface area contributed by atoms with Crippen LogP contribution in [0.2, 0.25) is 0 Å². The largest absolute Gasteiger partial charge is 0.476 e. The molecule has 2 aliphatic heterocycles. The molecular formula is C20H24F2N4O3. The first kappa shape index (κ1) is 18.6. The van der Waals surface area contributed by atoms with E-state index in [9.17, 15) is 18.4 Å². The van der Waals surface area contributed by atoms with Crippen LogP contribution in [-0.4, -0.2) is 60.4 Å². The van der Waals surface area contributed by atoms with Crippen molar-refractivity contribution in [2.45, 2.75) is 31.6 Å². The zero-order valence-corrected chi connectivity index (χ0v) is 16.1. The van der Waals surface area contributed by atoms with Gasteiger partial charge in [0.05, 0.1) is 19.7 Å². The smallest absolute Gasteiger partial charge is 0.282 e. The van der Waals surface area contributed by atoms with E-state index in [1.807, 2.05) is 0 Å². The highest BCUT2D eigenvalue weighted by molar-refractivity contribution is 5.93. The van der Waals surface area contributed by atoms with Crippen LogP contribution in [0.3, 0.4) is 0 Å². The lowest BCUT2D eigenvalue weighted by atomic mass is 10.0. The van der Waals surface area contributed by atoms with E-state index in [0.29, 0.717) is 31.3 Å². The molecule has 0 aromatic carbocycles. The third-order valence-corrected chi connectivity index (χ3v) is 6.60. The topological polar surface area (TPSA) is 88.8 Å². The van der Waals surface area contributed by atoms with Crippen LogP contribution >= 0.6 is 0 Å². The number of carbonyl (C=O) groups excluding carboxylic acids is 2. The minimum absolute atomic E-state index is 0.152. The number of hydrogen-bond donors (Lipinski definition) is 1. The fourth-order valence-corrected chi connectivity index (χ4v) is 4.50. The molecule has 2 amide bonds. The highest BCUT2D eigenvalue weighted by atomic mass is 19.3. The molecule has 2 N–H and O–H groups in total. The molecule has 2 aliphatic carbocycles. The van der Waals surface area contributed by atoms with Crippen LogP contribution in [0.5, 0.6) is 5.88 Å². The van der Waals surface area contributed by atoms with Crippen LogP contribution in [0.15, 0.2) is 12.1 Å². The molecule has 9 heteroatoms. The van der Waals surface area contributed by atoms with Crippen LogP contribution in [0.4, 0.5) is 14.5 Å². The molecule has 2 saturated heterocycles. The summed E-state index contributed by atoms with van der Waals surface area (Å²) in [5.74, 6) is -2.67. The molecule has 29 heavy (non-hydrogen) atoms. The van der Waals surface area contributed by atoms with Gasteiger partial charge in [0.2, 0.25) is 11.8 Å². The van der Waals surface area contributed by atoms with Crippen molar-refractivity contribution in [2.24, 2.45) is 23.0 Å². The number of likely N-dealkylation sites (tertiary alicyclic amines) is 1. The maximum Gasteiger partial charge on any atom is 0.282 e. The Labute approximate surface area is 167 Å². The zero-order valence-electron chi connectivity index (χ0n) is 16.1. The van der Waals surface area contributed by atoms with Gasteiger partial charge in [-0.05, 0) is 43.7 Å². The standard InChI is InChI=1S/C20H24F2N4O3/c21-20(22)10-26(11-20)15-4-3-14(24-17(15)29-8-12-1-2-12)18(28)25-6-5-19(9-25)7-13(19)16(23)27/h3-4,12-13H,1-2,5-11H2,(H2,23,27). The molecule has 156 valence electrons. The first-order chi connectivity index (χ1) is 13.8. The zero-order chi connectivity index (χ0) is 20.4. The molecule has 2 saturated carbocycles. The van der Waals surface area contributed by atoms with Gasteiger partial charge in [-0.25, -0.2) is 13.8 Å². The van der Waals surface area contributed by atoms with Gasteiger partial charge in [0.15, 0.2) is 0 Å². The molecule has 5 rings (SSSR count). The number of carbonyl (C=O) groups is 2. The Balaban J connectivity index is 1.32. The van der Waals surface area contributed by atoms with E-state index < -0.39 is 5.92 Å². The van der Waals surface area contributed by atoms with Gasteiger partial charge in [-0.3, -0.25) is 9.59 Å². The van der Waals surface area contributed by atoms with E-state index in [-0.39, 0.29) is 47.8 Å². The van der Waals surface area contributed by atoms with E-state index >= 15 is 0 Å². The van der Waals surface area contributed by atoms with Crippen LogP contribution in [0, 0.1) is 17.3 Å². The number of halogens is 2. The highest BCUT2D eigenvalue weighted by Crippen LogP contribution is 2.58. The molecule has 7 nitrogen and oxygen atoms in total. The molecule has 2 atom stereocenters. The summed E-state index contributed by atoms with van der Waals surface area (Å²) in [6.45, 7) is 0.799. The third-order valence-electron chi connectivity index (χ3n) is 6.60. The lowest BCUT2D eigenvalue weighted by Gasteiger charge is -2.40. The van der Waals surface area contributed by atoms with Crippen LogP contribution < -0.4 is 15.4 Å². The number of hydrogen-bond acceptors (Lipinski definition) is 5. The Morgan fingerprint density at radius 1 is 1.24 bits per heavy atom. The molecule has 0 radical (unpaired) electrons. The van der Waals surface area contributed by atoms with Crippen LogP contribution in [-0.2, 0) is 4.79 Å². The Hall–Kier alpha value is -2.45. The number of anilines is 1. The van der Waals surface area contributed by atoms with Gasteiger partial charge in [0, 0.05) is 24.4 Å². The molecule has 4 fully saturated rings. The first-order valence-electron chi connectivity index (χ1n) is 10.1. The second-order valence-electron chi connectivity index (χ2n) is 8.99. The van der Waals surface area contributed by atoms with Crippen molar-refractivity contribution in [1.29, 1.82) is 0 Å². The molecule has 3 heterocycles. The number of alkyl halides is 2. The fourth-order valence-electron chi connectivity index (χ4n) is 4.50. The van der Waals surface area contributed by atoms with E-state index in [1.54, 1.807) is 17.0 Å². The average molecular weight is 406 g/mol. The van der Waals surface area contributed by atoms with Crippen molar-refractivity contribution >= 4 is 17.5 Å². The average Bonchev–Trinajstić information content (AvgIpc) is 3.55. The lowest BCUT2D eigenvalue weighted by molar-refractivity contribution is -0.119. The van der Waals surface area contributed by atoms with Crippen molar-refractivity contribution < 1.29 is 23.1 Å². The van der Waals surface area contributed by atoms with E-state index in [2.05, 4.69) is 4.98 Å². The first-order valence-corrected chi connectivity index (χ1v) is 10.1. The van der Waals surface area contributed by atoms with Gasteiger partial charge < -0.3 is 20.3 Å². The summed E-state index contributed by atoms with van der Waals surface area (Å²) in [6, 6.07) is 3.22. The summed E-state index contributed by atoms with van der Waals surface area (Å²) in [5.41, 5.74) is 5.99. The number of pyridine rings is 1. The highest BCUT2D eigenvalue weighted by Gasteiger charge is 2.60. The van der Waals surface area contributed by atoms with E-state index in [1.165, 1.54) is 4.90 Å². The molecule has 4 aliphatic rings. The van der Waals surface area contributed by atoms with Gasteiger partial charge in [0.25, 0.3) is 11.8 Å². The number of primary amides is 1. The summed E-state index contributed by atoms with van der Waals surface area (Å²) in [6.07, 6.45) is 3.68. The van der Waals surface area contributed by atoms with Crippen molar-refractivity contribution in [1.82, 2.24) is 9.88 Å². The number of aromatic nitrogens is 1. The predicted molar refractivity (Wildman–Crippen MR) is 99.9 cm³/mol. The van der Waals surface area contributed by atoms with Crippen molar-refractivity contribution in [3.8, 4) is 5.88 Å². The molecule has 2 unspecified atom stereocenters. The Morgan fingerprint density at radius 2 is 2.00 bits per heavy atom. The molecular weight excluding hydrogens is 382 g/mol. The molecule has 1 aromatic rings. The summed E-state index contributed by atoms with van der Waals surface area (Å²) < 4.78 is 32.4. The van der Waals surface area contributed by atoms with Crippen molar-refractivity contribution in [3.63, 3.8) is 0 Å². The van der Waals surface area contributed by atoms with Gasteiger partial charge in [-0.15, -0.1) is 0 Å². The molecule has 0 bridgehead atoms. The lowest BCUT2D eigenvalue weighted by Crippen LogP contribution is -2.56. The quantitative estimate of drug-likeness (QED) is 0.776. The number of ether oxygens (including phenoxy) is 1. The minimum Gasteiger partial charge on any atom is -0.476 e. The summed E-state index contributed by atoms with van der Waals surface area (Å²) in [4.78, 5) is 32.1. The number of rotatable bonds is 6. The van der Waals surface area contributed by atoms with Gasteiger partial charge in [0.1, 0.15) is 11.4 Å². The SMILES string of the molecule is NC(=O)C1CC12CCN(C(=O)c1ccc(N3CC(F)(F)C3)c(OCC3CC3)n1)C2. The number of nitrogens with zero attached hydrogens (tertiary/aromatic N) is 3. The van der Waals surface area contributed by atoms with Gasteiger partial charge in [-0.2, -0.15) is 0 Å². The van der Waals surface area contributed by atoms with Crippen molar-refractivity contribution in [2.75, 3.05) is 37.7 Å². The molecule has 1 spiro atoms. The van der Waals surface area contributed by atoms with Crippen LogP contribution in [0.25, 0.3) is 0 Å².